The zero-order valence-electron chi connectivity index (χ0n) is 14.5. The van der Waals surface area contributed by atoms with Crippen LogP contribution in [0.1, 0.15) is 11.6 Å². The van der Waals surface area contributed by atoms with Crippen LogP contribution in [0.4, 0.5) is 5.82 Å². The average Bonchev–Trinajstić information content (AvgIpc) is 3.46. The van der Waals surface area contributed by atoms with Crippen LogP contribution >= 0.6 is 0 Å². The van der Waals surface area contributed by atoms with Crippen molar-refractivity contribution in [2.75, 3.05) is 11.8 Å². The molecule has 3 heterocycles. The maximum absolute atomic E-state index is 11.6. The largest absolute Gasteiger partial charge is 0.454 e. The molecule has 1 radical (unpaired) electrons. The molecule has 0 spiro atoms. The van der Waals surface area contributed by atoms with Crippen molar-refractivity contribution in [3.05, 3.63) is 70.3 Å². The minimum Gasteiger partial charge on any atom is -0.454 e. The number of nitrogens with one attached hydrogen (secondary N) is 1. The molecule has 2 aliphatic heterocycles. The van der Waals surface area contributed by atoms with Gasteiger partial charge >= 0.3 is 0 Å². The molecule has 0 saturated carbocycles. The lowest BCUT2D eigenvalue weighted by Crippen LogP contribution is -2.33. The molecule has 9 nitrogen and oxygen atoms in total. The number of benzene rings is 2. The number of para-hydroxylation sites is 1. The van der Waals surface area contributed by atoms with Crippen LogP contribution in [-0.4, -0.2) is 34.2 Å². The molecule has 3 aromatic rings. The minimum atomic E-state index is -1.15. The van der Waals surface area contributed by atoms with E-state index in [0.29, 0.717) is 28.6 Å². The molecule has 1 N–H and O–H groups in total. The van der Waals surface area contributed by atoms with Crippen molar-refractivity contribution in [3.8, 4) is 22.8 Å². The van der Waals surface area contributed by atoms with Gasteiger partial charge < -0.3 is 9.47 Å². The molecule has 0 saturated heterocycles. The molecular formula is C19H14N5O4. The minimum absolute atomic E-state index is 0.0784. The highest BCUT2D eigenvalue weighted by Gasteiger charge is 2.45. The molecule has 2 unspecified atom stereocenters. The third-order valence-corrected chi connectivity index (χ3v) is 4.71. The summed E-state index contributed by atoms with van der Waals surface area (Å²) in [6, 6.07) is 14.9. The van der Waals surface area contributed by atoms with Gasteiger partial charge in [-0.25, -0.2) is 5.01 Å². The highest BCUT2D eigenvalue weighted by atomic mass is 16.7. The Bertz CT molecular complexity index is 1070. The lowest BCUT2D eigenvalue weighted by molar-refractivity contribution is -0.504. The summed E-state index contributed by atoms with van der Waals surface area (Å²) in [5.74, 6) is 1.57. The van der Waals surface area contributed by atoms with Crippen molar-refractivity contribution in [1.82, 2.24) is 10.2 Å². The number of ether oxygens (including phenoxy) is 2. The normalized spacial score (nSPS) is 19.9. The number of nitrogens with zero attached hydrogens (tertiary/aromatic N) is 4. The van der Waals surface area contributed by atoms with E-state index in [9.17, 15) is 10.1 Å². The van der Waals surface area contributed by atoms with Crippen molar-refractivity contribution in [2.24, 2.45) is 5.10 Å². The zero-order valence-corrected chi connectivity index (χ0v) is 14.5. The second kappa shape index (κ2) is 6.38. The summed E-state index contributed by atoms with van der Waals surface area (Å²) in [5, 5.41) is 24.6. The number of rotatable bonds is 4. The van der Waals surface area contributed by atoms with Crippen molar-refractivity contribution in [2.45, 2.75) is 12.1 Å². The van der Waals surface area contributed by atoms with Crippen LogP contribution in [0.3, 0.4) is 0 Å². The number of anilines is 1. The van der Waals surface area contributed by atoms with E-state index in [-0.39, 0.29) is 6.79 Å². The van der Waals surface area contributed by atoms with E-state index in [4.69, 9.17) is 9.47 Å². The number of aromatic nitrogens is 2. The molecule has 28 heavy (non-hydrogen) atoms. The van der Waals surface area contributed by atoms with E-state index in [2.05, 4.69) is 21.5 Å². The fourth-order valence-corrected chi connectivity index (χ4v) is 3.43. The summed E-state index contributed by atoms with van der Waals surface area (Å²) >= 11 is 0. The summed E-state index contributed by atoms with van der Waals surface area (Å²) in [6.45, 7) is 0.0784. The molecule has 0 amide bonds. The number of nitro groups is 1. The first-order valence-electron chi connectivity index (χ1n) is 8.60. The fraction of sp³-hybridized carbons (Fsp3) is 0.158. The summed E-state index contributed by atoms with van der Waals surface area (Å²) < 4.78 is 11.0. The number of hydrazone groups is 1. The summed E-state index contributed by atoms with van der Waals surface area (Å²) in [6.07, 6.45) is 2.60. The molecule has 139 valence electrons. The third-order valence-electron chi connectivity index (χ3n) is 4.71. The van der Waals surface area contributed by atoms with Crippen LogP contribution in [-0.2, 0) is 0 Å². The van der Waals surface area contributed by atoms with Crippen LogP contribution in [0.2, 0.25) is 0 Å². The number of H-pyrrole nitrogens is 1. The predicted molar refractivity (Wildman–Crippen MR) is 100 cm³/mol. The van der Waals surface area contributed by atoms with E-state index < -0.39 is 17.0 Å². The Morgan fingerprint density at radius 2 is 2.04 bits per heavy atom. The van der Waals surface area contributed by atoms with Gasteiger partial charge in [-0.2, -0.15) is 10.2 Å². The van der Waals surface area contributed by atoms with Gasteiger partial charge in [0.25, 0.3) is 6.04 Å². The Kier molecular flexibility index (Phi) is 3.71. The van der Waals surface area contributed by atoms with Gasteiger partial charge in [-0.1, -0.05) is 42.5 Å². The topological polar surface area (TPSA) is 106 Å². The molecule has 5 rings (SSSR count). The molecule has 2 aliphatic rings. The molecule has 2 atom stereocenters. The third kappa shape index (κ3) is 2.56. The first-order chi connectivity index (χ1) is 13.7. The number of hydrogen-bond acceptors (Lipinski definition) is 7. The lowest BCUT2D eigenvalue weighted by atomic mass is 9.99. The Labute approximate surface area is 159 Å². The Hall–Kier alpha value is -3.88. The van der Waals surface area contributed by atoms with E-state index in [1.807, 2.05) is 30.3 Å². The predicted octanol–water partition coefficient (Wildman–Crippen LogP) is 2.87. The number of fused-ring (bicyclic) bond motifs is 1. The molecule has 0 bridgehead atoms. The quantitative estimate of drug-likeness (QED) is 0.554. The van der Waals surface area contributed by atoms with Crippen molar-refractivity contribution < 1.29 is 14.4 Å². The lowest BCUT2D eigenvalue weighted by Gasteiger charge is -2.23. The Balaban J connectivity index is 1.56. The fourth-order valence-electron chi connectivity index (χ4n) is 3.43. The molecule has 1 aromatic heterocycles. The van der Waals surface area contributed by atoms with Gasteiger partial charge in [0, 0.05) is 22.1 Å². The van der Waals surface area contributed by atoms with Crippen molar-refractivity contribution in [1.29, 1.82) is 0 Å². The average molecular weight is 376 g/mol. The van der Waals surface area contributed by atoms with Crippen molar-refractivity contribution >= 4 is 12.0 Å². The first kappa shape index (κ1) is 16.3. The van der Waals surface area contributed by atoms with E-state index >= 15 is 0 Å². The Morgan fingerprint density at radius 1 is 1.18 bits per heavy atom. The van der Waals surface area contributed by atoms with Gasteiger partial charge in [0.2, 0.25) is 6.79 Å². The highest BCUT2D eigenvalue weighted by molar-refractivity contribution is 5.74. The monoisotopic (exact) mass is 376 g/mol. The van der Waals surface area contributed by atoms with Gasteiger partial charge in [-0.05, 0) is 6.07 Å². The van der Waals surface area contributed by atoms with Crippen LogP contribution in [0, 0.1) is 10.1 Å². The number of hydrogen-bond donors (Lipinski definition) is 1. The molecule has 9 heteroatoms. The summed E-state index contributed by atoms with van der Waals surface area (Å²) in [7, 11) is 0. The number of aromatic amines is 1. The maximum atomic E-state index is 11.6. The van der Waals surface area contributed by atoms with Crippen LogP contribution in [0.25, 0.3) is 11.3 Å². The Morgan fingerprint density at radius 3 is 2.86 bits per heavy atom. The van der Waals surface area contributed by atoms with Crippen LogP contribution in [0.15, 0.2) is 59.7 Å². The SMILES string of the molecule is O=[N+]([O-])C1[C]=NN(c2cc(-c3ccccc3)n[nH]2)C1c1cccc2c1OCO2. The van der Waals surface area contributed by atoms with Crippen molar-refractivity contribution in [3.63, 3.8) is 0 Å². The smallest absolute Gasteiger partial charge is 0.284 e. The van der Waals surface area contributed by atoms with Crippen LogP contribution in [0.5, 0.6) is 11.5 Å². The molecule has 2 aromatic carbocycles. The van der Waals surface area contributed by atoms with Gasteiger partial charge in [0.1, 0.15) is 5.82 Å². The van der Waals surface area contributed by atoms with E-state index in [0.717, 1.165) is 5.56 Å². The second-order valence-corrected chi connectivity index (χ2v) is 6.33. The zero-order chi connectivity index (χ0) is 19.1. The van der Waals surface area contributed by atoms with Gasteiger partial charge in [0.15, 0.2) is 23.8 Å². The standard InChI is InChI=1S/C19H14N5O4/c25-24(26)15-10-20-23(17-9-14(21-22-17)12-5-2-1-3-6-12)18(15)13-7-4-8-16-19(13)28-11-27-16/h1-9,15,18H,11H2,(H,21,22). The van der Waals surface area contributed by atoms with Gasteiger partial charge in [-0.3, -0.25) is 15.2 Å². The molecule has 0 aliphatic carbocycles. The van der Waals surface area contributed by atoms with E-state index in [1.54, 1.807) is 24.3 Å². The molecule has 0 fully saturated rings. The molecular weight excluding hydrogens is 362 g/mol. The maximum Gasteiger partial charge on any atom is 0.284 e. The van der Waals surface area contributed by atoms with Gasteiger partial charge in [0.05, 0.1) is 5.69 Å². The van der Waals surface area contributed by atoms with Crippen LogP contribution < -0.4 is 14.5 Å². The summed E-state index contributed by atoms with van der Waals surface area (Å²) in [5.41, 5.74) is 2.25. The first-order valence-corrected chi connectivity index (χ1v) is 8.60. The van der Waals surface area contributed by atoms with E-state index in [1.165, 1.54) is 5.01 Å². The summed E-state index contributed by atoms with van der Waals surface area (Å²) in [4.78, 5) is 11.2. The highest BCUT2D eigenvalue weighted by Crippen LogP contribution is 2.44. The second-order valence-electron chi connectivity index (χ2n) is 6.33. The van der Waals surface area contributed by atoms with Gasteiger partial charge in [-0.15, -0.1) is 0 Å².